The molecular weight excluding hydrogens is 1360 g/mol. The summed E-state index contributed by atoms with van der Waals surface area (Å²) in [7, 11) is 1.12. The highest BCUT2D eigenvalue weighted by Gasteiger charge is 2.46. The van der Waals surface area contributed by atoms with E-state index < -0.39 is 78.1 Å². The first kappa shape index (κ1) is 76.4. The molecule has 0 spiro atoms. The van der Waals surface area contributed by atoms with Crippen molar-refractivity contribution in [2.75, 3.05) is 33.2 Å². The lowest BCUT2D eigenvalue weighted by atomic mass is 9.83. The smallest absolute Gasteiger partial charge is 0.275 e. The van der Waals surface area contributed by atoms with Crippen molar-refractivity contribution in [2.24, 2.45) is 10.8 Å². The number of nitrogens with zero attached hydrogens (tertiary/aromatic N) is 11. The van der Waals surface area contributed by atoms with E-state index >= 15 is 0 Å². The van der Waals surface area contributed by atoms with E-state index in [0.717, 1.165) is 29.4 Å². The molecule has 8 aromatic rings. The summed E-state index contributed by atoms with van der Waals surface area (Å²) in [4.78, 5) is 48.2. The Kier molecular flexibility index (Phi) is 24.1. The van der Waals surface area contributed by atoms with E-state index in [2.05, 4.69) is 70.7 Å². The Hall–Kier alpha value is -6.81. The molecule has 3 unspecified atom stereocenters. The number of fused-ring (bicyclic) bond motifs is 3. The lowest BCUT2D eigenvalue weighted by molar-refractivity contribution is -0.386. The van der Waals surface area contributed by atoms with E-state index in [1.807, 2.05) is 52.3 Å². The number of hydrogen-bond acceptors (Lipinski definition) is 23. The lowest BCUT2D eigenvalue weighted by Gasteiger charge is -2.39. The van der Waals surface area contributed by atoms with Crippen molar-refractivity contribution in [3.05, 3.63) is 132 Å². The molecule has 99 heavy (non-hydrogen) atoms. The van der Waals surface area contributed by atoms with E-state index in [-0.39, 0.29) is 85.1 Å². The van der Waals surface area contributed by atoms with Crippen molar-refractivity contribution < 1.29 is 67.9 Å². The Morgan fingerprint density at radius 3 is 1.40 bits per heavy atom. The van der Waals surface area contributed by atoms with Crippen LogP contribution in [0.4, 0.5) is 17.2 Å². The van der Waals surface area contributed by atoms with Gasteiger partial charge in [0.1, 0.15) is 94.4 Å². The predicted molar refractivity (Wildman–Crippen MR) is 374 cm³/mol. The molecule has 0 radical (unpaired) electrons. The quantitative estimate of drug-likeness (QED) is 0.0147. The number of anilines is 1. The fourth-order valence-electron chi connectivity index (χ4n) is 12.5. The first-order valence-corrected chi connectivity index (χ1v) is 36.6. The maximum absolute atomic E-state index is 11.8. The van der Waals surface area contributed by atoms with Crippen molar-refractivity contribution >= 4 is 93.4 Å². The van der Waals surface area contributed by atoms with Gasteiger partial charge in [0.05, 0.1) is 114 Å². The molecule has 3 saturated heterocycles. The van der Waals surface area contributed by atoms with Gasteiger partial charge >= 0.3 is 0 Å². The van der Waals surface area contributed by atoms with Gasteiger partial charge in [0.2, 0.25) is 0 Å². The zero-order valence-corrected chi connectivity index (χ0v) is 61.2. The zero-order chi connectivity index (χ0) is 72.4. The number of halogens is 3. The molecule has 32 heteroatoms. The van der Waals surface area contributed by atoms with Crippen LogP contribution in [0.15, 0.2) is 74.0 Å². The Balaban J connectivity index is 0.000000176. The van der Waals surface area contributed by atoms with Gasteiger partial charge in [-0.05, 0) is 65.2 Å². The molecule has 9 heterocycles. The van der Waals surface area contributed by atoms with Gasteiger partial charge in [-0.1, -0.05) is 92.4 Å². The second-order valence-corrected chi connectivity index (χ2v) is 34.1. The molecular formula is C67H89Cl3N12O16Si. The fourth-order valence-corrected chi connectivity index (χ4v) is 14.5. The summed E-state index contributed by atoms with van der Waals surface area (Å²) < 4.78 is 53.6. The monoisotopic (exact) mass is 1450 g/mol. The number of alkyl halides is 1. The molecule has 6 N–H and O–H groups in total. The number of ether oxygens (including phenoxy) is 7. The molecule has 0 aliphatic carbocycles. The molecule has 538 valence electrons. The van der Waals surface area contributed by atoms with Crippen LogP contribution in [-0.4, -0.2) is 146 Å². The van der Waals surface area contributed by atoms with E-state index in [9.17, 15) is 40.7 Å². The second kappa shape index (κ2) is 31.2. The number of aliphatic hydroxyl groups is 4. The SMILES string of the molecule is CC[C@H]1O[C@@H](n2cc(CCl)c3c(Cl)ncnc32)CC1O[Si](C)(C)C(C)(C)C.COc1ccc([N+](=O)[O-])c([C@@H](OCc2cn([C@H]3CC(O)[C@@H](CO)O3)c3ncnc(Cl)c23)C(C)(C)C)c1.COc1ccc([N+](=O)[O-])c([C@@H](OCc2cn([C@H]3CC(O)[C@@H](CO)O3)c3ncnc(N)c23)C(C)(C)C)c1. The van der Waals surface area contributed by atoms with Gasteiger partial charge < -0.3 is 77.4 Å². The molecule has 3 aliphatic rings. The molecule has 0 saturated carbocycles. The molecule has 2 aromatic carbocycles. The molecule has 3 aliphatic heterocycles. The van der Waals surface area contributed by atoms with Crippen molar-refractivity contribution in [2.45, 2.75) is 200 Å². The topological polar surface area (TPSA) is 359 Å². The van der Waals surface area contributed by atoms with Crippen LogP contribution in [0.2, 0.25) is 28.4 Å². The maximum atomic E-state index is 11.8. The number of nitro benzene ring substituents is 2. The van der Waals surface area contributed by atoms with E-state index in [4.69, 9.17) is 78.1 Å². The summed E-state index contributed by atoms with van der Waals surface area (Å²) in [6.45, 7) is 24.6. The van der Waals surface area contributed by atoms with E-state index in [1.165, 1.54) is 45.3 Å². The summed E-state index contributed by atoms with van der Waals surface area (Å²) in [5.41, 5.74) is 9.82. The number of methoxy groups -OCH3 is 2. The largest absolute Gasteiger partial charge is 0.497 e. The molecule has 3 fully saturated rings. The molecule has 0 amide bonds. The van der Waals surface area contributed by atoms with Crippen molar-refractivity contribution in [1.82, 2.24) is 43.6 Å². The number of rotatable bonds is 21. The van der Waals surface area contributed by atoms with Crippen molar-refractivity contribution in [3.63, 3.8) is 0 Å². The second-order valence-electron chi connectivity index (χ2n) is 28.4. The third-order valence-electron chi connectivity index (χ3n) is 18.5. The van der Waals surface area contributed by atoms with Crippen LogP contribution < -0.4 is 15.2 Å². The number of hydrogen-bond donors (Lipinski definition) is 5. The number of nitro groups is 2. The van der Waals surface area contributed by atoms with Gasteiger partial charge in [-0.2, -0.15) is 0 Å². The average molecular weight is 1450 g/mol. The Bertz CT molecular complexity index is 3970. The van der Waals surface area contributed by atoms with Crippen LogP contribution >= 0.6 is 34.8 Å². The van der Waals surface area contributed by atoms with E-state index in [1.54, 1.807) is 45.8 Å². The van der Waals surface area contributed by atoms with Gasteiger partial charge in [-0.25, -0.2) is 29.9 Å². The number of nitrogens with two attached hydrogens (primary N) is 1. The van der Waals surface area contributed by atoms with Gasteiger partial charge in [-0.3, -0.25) is 20.2 Å². The number of nitrogen functional groups attached to an aromatic ring is 1. The van der Waals surface area contributed by atoms with Crippen molar-refractivity contribution in [1.29, 1.82) is 0 Å². The van der Waals surface area contributed by atoms with Crippen LogP contribution in [0.3, 0.4) is 0 Å². The Morgan fingerprint density at radius 2 is 1.02 bits per heavy atom. The molecule has 11 rings (SSSR count). The fraction of sp³-hybridized carbons (Fsp3) is 0.552. The third-order valence-corrected chi connectivity index (χ3v) is 23.9. The molecule has 28 nitrogen and oxygen atoms in total. The van der Waals surface area contributed by atoms with Gasteiger partial charge in [0.25, 0.3) is 11.4 Å². The summed E-state index contributed by atoms with van der Waals surface area (Å²) >= 11 is 18.9. The third kappa shape index (κ3) is 16.6. The minimum atomic E-state index is -1.88. The average Bonchev–Trinajstić information content (AvgIpc) is 1.65. The Labute approximate surface area is 589 Å². The Morgan fingerprint density at radius 1 is 0.626 bits per heavy atom. The first-order valence-electron chi connectivity index (χ1n) is 32.4. The lowest BCUT2D eigenvalue weighted by Crippen LogP contribution is -2.45. The molecule has 11 atom stereocenters. The highest BCUT2D eigenvalue weighted by atomic mass is 35.5. The van der Waals surface area contributed by atoms with Gasteiger partial charge in [-0.15, -0.1) is 11.6 Å². The minimum absolute atomic E-state index is 0.0472. The summed E-state index contributed by atoms with van der Waals surface area (Å²) in [5, 5.41) is 65.7. The summed E-state index contributed by atoms with van der Waals surface area (Å²) in [5.74, 6) is 1.56. The highest BCUT2D eigenvalue weighted by molar-refractivity contribution is 6.74. The standard InChI is InChI=1S/C24H29ClN4O7.C24H31N5O7.C19H29Cl2N3O2Si/c2*1-24(2,3)21(15-7-14(34-4)5-6-16(15)29(32)33)35-11-13-9-28(19-8-17(31)18(10-30)36-19)23-20(13)22(25)26-12-27-23;1-7-13-14(26-27(5,6)19(2,3)4)8-15(25-13)24-10-12(9-20)16-17(21)22-11-23-18(16)24/h5-7,9,12,17-19,21,30-31H,8,10-11H2,1-4H3;5-7,9,12,17-19,21,30-31H,8,10-11H2,1-4H3,(H2,25,26,27);10-11,13-15H,7-9H2,1-6H3/t2*17?,18-,19-,21-;13-,14?,15-/m111/s1. The van der Waals surface area contributed by atoms with Gasteiger partial charge in [0.15, 0.2) is 8.32 Å². The maximum Gasteiger partial charge on any atom is 0.275 e. The summed E-state index contributed by atoms with van der Waals surface area (Å²) in [6.07, 6.45) is 6.37. The van der Waals surface area contributed by atoms with Crippen LogP contribution in [0.25, 0.3) is 33.1 Å². The first-order chi connectivity index (χ1) is 46.7. The van der Waals surface area contributed by atoms with Crippen molar-refractivity contribution in [3.8, 4) is 11.5 Å². The zero-order valence-electron chi connectivity index (χ0n) is 58.0. The molecule has 6 aromatic heterocycles. The van der Waals surface area contributed by atoms with Crippen LogP contribution in [0.5, 0.6) is 11.5 Å². The number of aliphatic hydroxyl groups excluding tert-OH is 4. The van der Waals surface area contributed by atoms with Crippen LogP contribution in [0.1, 0.15) is 154 Å². The van der Waals surface area contributed by atoms with Crippen LogP contribution in [-0.2, 0) is 47.2 Å². The predicted octanol–water partition coefficient (Wildman–Crippen LogP) is 12.7. The van der Waals surface area contributed by atoms with E-state index in [0.29, 0.717) is 66.9 Å². The van der Waals surface area contributed by atoms with Crippen LogP contribution in [0, 0.1) is 31.1 Å². The highest BCUT2D eigenvalue weighted by Crippen LogP contribution is 2.47. The molecule has 0 bridgehead atoms. The number of aromatic nitrogens is 9. The van der Waals surface area contributed by atoms with Gasteiger partial charge in [0, 0.05) is 67.0 Å². The minimum Gasteiger partial charge on any atom is -0.497 e. The number of benzene rings is 2. The summed E-state index contributed by atoms with van der Waals surface area (Å²) in [6, 6.07) is 9.15. The normalized spacial score (nSPS) is 21.9.